The van der Waals surface area contributed by atoms with E-state index in [2.05, 4.69) is 31.4 Å². The maximum Gasteiger partial charge on any atom is 0.305 e. The van der Waals surface area contributed by atoms with Gasteiger partial charge in [0.25, 0.3) is 11.8 Å². The minimum absolute atomic E-state index is 0.00705. The van der Waals surface area contributed by atoms with Gasteiger partial charge in [-0.2, -0.15) is 0 Å². The van der Waals surface area contributed by atoms with Crippen molar-refractivity contribution in [1.82, 2.24) is 10.6 Å². The molecule has 6 nitrogen and oxygen atoms in total. The van der Waals surface area contributed by atoms with Gasteiger partial charge < -0.3 is 15.7 Å². The van der Waals surface area contributed by atoms with Gasteiger partial charge >= 0.3 is 5.97 Å². The molecular weight excluding hydrogens is 404 g/mol. The smallest absolute Gasteiger partial charge is 0.305 e. The molecule has 158 valence electrons. The molecule has 0 aliphatic carbocycles. The predicted molar refractivity (Wildman–Crippen MR) is 117 cm³/mol. The van der Waals surface area contributed by atoms with E-state index >= 15 is 0 Å². The largest absolute Gasteiger partial charge is 0.481 e. The Morgan fingerprint density at radius 2 is 1.60 bits per heavy atom. The van der Waals surface area contributed by atoms with Gasteiger partial charge in [-0.05, 0) is 46.9 Å². The first-order valence-corrected chi connectivity index (χ1v) is 9.83. The summed E-state index contributed by atoms with van der Waals surface area (Å²) in [6.45, 7) is 6.19. The van der Waals surface area contributed by atoms with Crippen molar-refractivity contribution in [3.05, 3.63) is 75.9 Å². The third kappa shape index (κ3) is 7.04. The van der Waals surface area contributed by atoms with Crippen LogP contribution in [-0.2, 0) is 15.0 Å². The molecule has 0 saturated heterocycles. The van der Waals surface area contributed by atoms with Crippen LogP contribution in [0.1, 0.15) is 48.7 Å². The SMILES string of the molecule is CC(C)(C)c1ccc(C(=O)NC(=Cc2ccc(Cl)cc2)C(=O)NCCC(=O)O)cc1. The Labute approximate surface area is 180 Å². The van der Waals surface area contributed by atoms with Crippen molar-refractivity contribution >= 4 is 35.5 Å². The standard InChI is InChI=1S/C23H25ClN2O4/c1-23(2,3)17-8-6-16(7-9-17)21(29)26-19(22(30)25-13-12-20(27)28)14-15-4-10-18(24)11-5-15/h4-11,14H,12-13H2,1-3H3,(H,25,30)(H,26,29)(H,27,28). The number of halogens is 1. The highest BCUT2D eigenvalue weighted by molar-refractivity contribution is 6.30. The number of carboxylic acids is 1. The van der Waals surface area contributed by atoms with Gasteiger partial charge in [-0.15, -0.1) is 0 Å². The van der Waals surface area contributed by atoms with Gasteiger partial charge in [0, 0.05) is 17.1 Å². The van der Waals surface area contributed by atoms with Crippen molar-refractivity contribution in [2.24, 2.45) is 0 Å². The van der Waals surface area contributed by atoms with Crippen LogP contribution in [0.25, 0.3) is 6.08 Å². The zero-order valence-electron chi connectivity index (χ0n) is 17.2. The number of hydrogen-bond acceptors (Lipinski definition) is 3. The number of hydrogen-bond donors (Lipinski definition) is 3. The maximum atomic E-state index is 12.7. The first-order valence-electron chi connectivity index (χ1n) is 9.45. The second kappa shape index (κ2) is 10.1. The zero-order chi connectivity index (χ0) is 22.3. The Morgan fingerprint density at radius 3 is 2.13 bits per heavy atom. The molecule has 0 aliphatic rings. The van der Waals surface area contributed by atoms with E-state index in [1.165, 1.54) is 6.08 Å². The molecule has 2 aromatic carbocycles. The molecule has 0 fully saturated rings. The van der Waals surface area contributed by atoms with E-state index in [0.29, 0.717) is 16.1 Å². The molecule has 0 atom stereocenters. The van der Waals surface area contributed by atoms with E-state index in [-0.39, 0.29) is 24.1 Å². The maximum absolute atomic E-state index is 12.7. The number of carbonyl (C=O) groups excluding carboxylic acids is 2. The highest BCUT2D eigenvalue weighted by atomic mass is 35.5. The summed E-state index contributed by atoms with van der Waals surface area (Å²) in [6.07, 6.45) is 1.29. The predicted octanol–water partition coefficient (Wildman–Crippen LogP) is 4.00. The average molecular weight is 429 g/mol. The van der Waals surface area contributed by atoms with Crippen molar-refractivity contribution in [3.8, 4) is 0 Å². The van der Waals surface area contributed by atoms with Gasteiger partial charge in [-0.1, -0.05) is 56.6 Å². The topological polar surface area (TPSA) is 95.5 Å². The van der Waals surface area contributed by atoms with Crippen LogP contribution in [0.3, 0.4) is 0 Å². The third-order valence-corrected chi connectivity index (χ3v) is 4.56. The Kier molecular flexibility index (Phi) is 7.78. The molecule has 3 N–H and O–H groups in total. The number of carboxylic acid groups (broad SMARTS) is 1. The van der Waals surface area contributed by atoms with Crippen molar-refractivity contribution in [3.63, 3.8) is 0 Å². The number of benzene rings is 2. The lowest BCUT2D eigenvalue weighted by Gasteiger charge is -2.19. The third-order valence-electron chi connectivity index (χ3n) is 4.31. The van der Waals surface area contributed by atoms with Crippen LogP contribution >= 0.6 is 11.6 Å². The summed E-state index contributed by atoms with van der Waals surface area (Å²) in [6, 6.07) is 13.9. The molecule has 2 aromatic rings. The minimum Gasteiger partial charge on any atom is -0.481 e. The number of carbonyl (C=O) groups is 3. The summed E-state index contributed by atoms with van der Waals surface area (Å²) in [5.74, 6) is -2.04. The minimum atomic E-state index is -1.03. The molecule has 0 saturated carbocycles. The first kappa shape index (κ1) is 23.2. The van der Waals surface area contributed by atoms with E-state index in [0.717, 1.165) is 5.56 Å². The van der Waals surface area contributed by atoms with Gasteiger partial charge in [0.1, 0.15) is 5.70 Å². The van der Waals surface area contributed by atoms with Crippen LogP contribution in [0.2, 0.25) is 5.02 Å². The van der Waals surface area contributed by atoms with E-state index < -0.39 is 17.8 Å². The quantitative estimate of drug-likeness (QED) is 0.581. The highest BCUT2D eigenvalue weighted by Crippen LogP contribution is 2.22. The average Bonchev–Trinajstić information content (AvgIpc) is 2.68. The molecule has 30 heavy (non-hydrogen) atoms. The zero-order valence-corrected chi connectivity index (χ0v) is 17.9. The summed E-state index contributed by atoms with van der Waals surface area (Å²) in [7, 11) is 0. The number of rotatable bonds is 7. The molecule has 0 spiro atoms. The van der Waals surface area contributed by atoms with E-state index in [1.54, 1.807) is 36.4 Å². The molecule has 2 amide bonds. The lowest BCUT2D eigenvalue weighted by molar-refractivity contribution is -0.136. The molecule has 2 rings (SSSR count). The monoisotopic (exact) mass is 428 g/mol. The van der Waals surface area contributed by atoms with Crippen molar-refractivity contribution < 1.29 is 19.5 Å². The van der Waals surface area contributed by atoms with Crippen molar-refractivity contribution in [2.45, 2.75) is 32.6 Å². The van der Waals surface area contributed by atoms with Crippen LogP contribution in [0, 0.1) is 0 Å². The van der Waals surface area contributed by atoms with E-state index in [4.69, 9.17) is 16.7 Å². The molecule has 0 radical (unpaired) electrons. The van der Waals surface area contributed by atoms with Crippen molar-refractivity contribution in [1.29, 1.82) is 0 Å². The van der Waals surface area contributed by atoms with Crippen LogP contribution < -0.4 is 10.6 Å². The molecule has 7 heteroatoms. The summed E-state index contributed by atoms with van der Waals surface area (Å²) in [4.78, 5) is 35.9. The van der Waals surface area contributed by atoms with Gasteiger partial charge in [0.2, 0.25) is 0 Å². The summed E-state index contributed by atoms with van der Waals surface area (Å²) < 4.78 is 0. The normalized spacial score (nSPS) is 11.7. The summed E-state index contributed by atoms with van der Waals surface area (Å²) >= 11 is 5.89. The second-order valence-corrected chi connectivity index (χ2v) is 8.23. The van der Waals surface area contributed by atoms with Crippen LogP contribution in [0.15, 0.2) is 54.2 Å². The van der Waals surface area contributed by atoms with Crippen molar-refractivity contribution in [2.75, 3.05) is 6.54 Å². The molecule has 0 aliphatic heterocycles. The fourth-order valence-electron chi connectivity index (χ4n) is 2.58. The number of aliphatic carboxylic acids is 1. The fraction of sp³-hybridized carbons (Fsp3) is 0.261. The lowest BCUT2D eigenvalue weighted by Crippen LogP contribution is -2.35. The summed E-state index contributed by atoms with van der Waals surface area (Å²) in [5.41, 5.74) is 2.11. The van der Waals surface area contributed by atoms with Gasteiger partial charge in [0.05, 0.1) is 6.42 Å². The first-order chi connectivity index (χ1) is 14.1. The highest BCUT2D eigenvalue weighted by Gasteiger charge is 2.17. The van der Waals surface area contributed by atoms with Gasteiger partial charge in [-0.3, -0.25) is 14.4 Å². The molecule has 0 bridgehead atoms. The summed E-state index contributed by atoms with van der Waals surface area (Å²) in [5, 5.41) is 14.4. The van der Waals surface area contributed by atoms with Gasteiger partial charge in [0.15, 0.2) is 0 Å². The Balaban J connectivity index is 2.22. The van der Waals surface area contributed by atoms with E-state index in [1.807, 2.05) is 12.1 Å². The fourth-order valence-corrected chi connectivity index (χ4v) is 2.70. The Hall–Kier alpha value is -3.12. The number of amides is 2. The van der Waals surface area contributed by atoms with Crippen LogP contribution in [-0.4, -0.2) is 29.4 Å². The second-order valence-electron chi connectivity index (χ2n) is 7.79. The lowest BCUT2D eigenvalue weighted by atomic mass is 9.87. The molecule has 0 unspecified atom stereocenters. The van der Waals surface area contributed by atoms with Crippen LogP contribution in [0.4, 0.5) is 0 Å². The molecule has 0 aromatic heterocycles. The van der Waals surface area contributed by atoms with Gasteiger partial charge in [-0.25, -0.2) is 0 Å². The Bertz CT molecular complexity index is 943. The Morgan fingerprint density at radius 1 is 1.00 bits per heavy atom. The number of nitrogens with one attached hydrogen (secondary N) is 2. The molecular formula is C23H25ClN2O4. The van der Waals surface area contributed by atoms with E-state index in [9.17, 15) is 14.4 Å². The van der Waals surface area contributed by atoms with Crippen LogP contribution in [0.5, 0.6) is 0 Å². The molecule has 0 heterocycles.